The summed E-state index contributed by atoms with van der Waals surface area (Å²) < 4.78 is 5.94. The molecule has 1 aromatic carbocycles. The first-order chi connectivity index (χ1) is 9.67. The van der Waals surface area contributed by atoms with Crippen molar-refractivity contribution in [1.29, 1.82) is 0 Å². The quantitative estimate of drug-likeness (QED) is 0.906. The number of fused-ring (bicyclic) bond motifs is 1. The van der Waals surface area contributed by atoms with Gasteiger partial charge in [0.25, 0.3) is 5.91 Å². The van der Waals surface area contributed by atoms with E-state index in [4.69, 9.17) is 4.74 Å². The van der Waals surface area contributed by atoms with E-state index >= 15 is 0 Å². The maximum absolute atomic E-state index is 12.0. The average Bonchev–Trinajstić information content (AvgIpc) is 2.75. The van der Waals surface area contributed by atoms with E-state index in [2.05, 4.69) is 31.5 Å². The number of pyridine rings is 1. The van der Waals surface area contributed by atoms with Gasteiger partial charge in [0.1, 0.15) is 6.04 Å². The van der Waals surface area contributed by atoms with E-state index in [-0.39, 0.29) is 5.91 Å². The first kappa shape index (κ1) is 12.9. The van der Waals surface area contributed by atoms with Crippen LogP contribution in [-0.2, 0) is 4.79 Å². The van der Waals surface area contributed by atoms with E-state index in [1.54, 1.807) is 19.4 Å². The Hall–Kier alpha value is -2.08. The van der Waals surface area contributed by atoms with Crippen molar-refractivity contribution in [3.8, 4) is 5.88 Å². The molecular formula is C14H12BrN3O2. The van der Waals surface area contributed by atoms with Crippen LogP contribution in [0.2, 0.25) is 0 Å². The van der Waals surface area contributed by atoms with E-state index in [1.807, 2.05) is 24.3 Å². The third-order valence-corrected chi connectivity index (χ3v) is 3.60. The van der Waals surface area contributed by atoms with Gasteiger partial charge < -0.3 is 15.4 Å². The van der Waals surface area contributed by atoms with E-state index < -0.39 is 6.04 Å². The summed E-state index contributed by atoms with van der Waals surface area (Å²) in [7, 11) is 1.56. The lowest BCUT2D eigenvalue weighted by Crippen LogP contribution is -2.19. The van der Waals surface area contributed by atoms with Crippen LogP contribution in [0.1, 0.15) is 11.6 Å². The number of ether oxygens (including phenoxy) is 1. The van der Waals surface area contributed by atoms with Gasteiger partial charge in [0.05, 0.1) is 19.0 Å². The zero-order chi connectivity index (χ0) is 14.1. The monoisotopic (exact) mass is 333 g/mol. The summed E-state index contributed by atoms with van der Waals surface area (Å²) in [4.78, 5) is 16.1. The van der Waals surface area contributed by atoms with Gasteiger partial charge in [-0.2, -0.15) is 0 Å². The number of hydrogen-bond acceptors (Lipinski definition) is 4. The highest BCUT2D eigenvalue weighted by atomic mass is 79.9. The summed E-state index contributed by atoms with van der Waals surface area (Å²) >= 11 is 3.39. The Bertz CT molecular complexity index is 658. The number of halogens is 1. The average molecular weight is 334 g/mol. The van der Waals surface area contributed by atoms with Crippen LogP contribution >= 0.6 is 15.9 Å². The summed E-state index contributed by atoms with van der Waals surface area (Å²) in [5, 5.41) is 6.03. The highest BCUT2D eigenvalue weighted by Gasteiger charge is 2.30. The van der Waals surface area contributed by atoms with Crippen LogP contribution in [0.25, 0.3) is 0 Å². The number of carbonyl (C=O) groups is 1. The van der Waals surface area contributed by atoms with Crippen molar-refractivity contribution in [3.63, 3.8) is 0 Å². The largest absolute Gasteiger partial charge is 0.481 e. The molecule has 20 heavy (non-hydrogen) atoms. The van der Waals surface area contributed by atoms with Gasteiger partial charge in [0, 0.05) is 21.8 Å². The van der Waals surface area contributed by atoms with Gasteiger partial charge in [-0.1, -0.05) is 22.0 Å². The minimum absolute atomic E-state index is 0.0751. The van der Waals surface area contributed by atoms with Crippen molar-refractivity contribution in [3.05, 3.63) is 46.6 Å². The zero-order valence-corrected chi connectivity index (χ0v) is 12.3. The van der Waals surface area contributed by atoms with Gasteiger partial charge in [0.15, 0.2) is 0 Å². The van der Waals surface area contributed by atoms with E-state index in [0.29, 0.717) is 5.88 Å². The van der Waals surface area contributed by atoms with Gasteiger partial charge in [-0.05, 0) is 18.2 Å². The third kappa shape index (κ3) is 2.34. The Morgan fingerprint density at radius 3 is 2.90 bits per heavy atom. The molecule has 6 heteroatoms. The molecule has 5 nitrogen and oxygen atoms in total. The summed E-state index contributed by atoms with van der Waals surface area (Å²) in [6.45, 7) is 0. The van der Waals surface area contributed by atoms with Crippen molar-refractivity contribution in [2.24, 2.45) is 0 Å². The number of hydrogen-bond donors (Lipinski definition) is 2. The molecule has 0 aliphatic carbocycles. The highest BCUT2D eigenvalue weighted by Crippen LogP contribution is 2.35. The van der Waals surface area contributed by atoms with Crippen LogP contribution in [0.4, 0.5) is 11.4 Å². The third-order valence-electron chi connectivity index (χ3n) is 3.10. The first-order valence-corrected chi connectivity index (χ1v) is 6.83. The number of nitrogens with zero attached hydrogens (tertiary/aromatic N) is 1. The van der Waals surface area contributed by atoms with Crippen molar-refractivity contribution in [1.82, 2.24) is 4.98 Å². The van der Waals surface area contributed by atoms with Crippen LogP contribution in [0.5, 0.6) is 5.88 Å². The van der Waals surface area contributed by atoms with Crippen molar-refractivity contribution in [2.45, 2.75) is 6.04 Å². The maximum atomic E-state index is 12.0. The molecule has 0 saturated carbocycles. The summed E-state index contributed by atoms with van der Waals surface area (Å²) in [6.07, 6.45) is 1.64. The smallest absolute Gasteiger partial charge is 0.251 e. The summed E-state index contributed by atoms with van der Waals surface area (Å²) in [5.41, 5.74) is 2.51. The molecular weight excluding hydrogens is 322 g/mol. The van der Waals surface area contributed by atoms with Crippen LogP contribution in [0, 0.1) is 0 Å². The van der Waals surface area contributed by atoms with Crippen molar-refractivity contribution in [2.75, 3.05) is 17.7 Å². The molecule has 1 aliphatic rings. The number of amides is 1. The second-order valence-corrected chi connectivity index (χ2v) is 5.30. The molecule has 102 valence electrons. The van der Waals surface area contributed by atoms with Crippen molar-refractivity contribution < 1.29 is 9.53 Å². The molecule has 0 bridgehead atoms. The molecule has 3 rings (SSSR count). The fourth-order valence-corrected chi connectivity index (χ4v) is 2.49. The zero-order valence-electron chi connectivity index (χ0n) is 10.7. The van der Waals surface area contributed by atoms with Gasteiger partial charge in [0.2, 0.25) is 5.88 Å². The molecule has 0 saturated heterocycles. The Kier molecular flexibility index (Phi) is 3.31. The number of nitrogens with one attached hydrogen (secondary N) is 2. The Morgan fingerprint density at radius 2 is 2.20 bits per heavy atom. The van der Waals surface area contributed by atoms with Gasteiger partial charge >= 0.3 is 0 Å². The molecule has 1 aliphatic heterocycles. The lowest BCUT2D eigenvalue weighted by atomic mass is 10.1. The number of aromatic nitrogens is 1. The maximum Gasteiger partial charge on any atom is 0.251 e. The van der Waals surface area contributed by atoms with E-state index in [0.717, 1.165) is 21.4 Å². The molecule has 0 fully saturated rings. The van der Waals surface area contributed by atoms with Crippen LogP contribution < -0.4 is 15.4 Å². The molecule has 1 amide bonds. The van der Waals surface area contributed by atoms with E-state index in [1.165, 1.54) is 0 Å². The highest BCUT2D eigenvalue weighted by molar-refractivity contribution is 9.10. The Morgan fingerprint density at radius 1 is 1.35 bits per heavy atom. The molecule has 2 heterocycles. The number of carbonyl (C=O) groups excluding carboxylic acids is 1. The number of methoxy groups -OCH3 is 1. The summed E-state index contributed by atoms with van der Waals surface area (Å²) in [5.74, 6) is 0.463. The SMILES string of the molecule is COc1ccc(NC2C(=O)Nc3cc(Br)ccc32)cn1. The number of anilines is 2. The van der Waals surface area contributed by atoms with E-state index in [9.17, 15) is 4.79 Å². The predicted molar refractivity (Wildman–Crippen MR) is 79.9 cm³/mol. The predicted octanol–water partition coefficient (Wildman–Crippen LogP) is 2.96. The minimum Gasteiger partial charge on any atom is -0.481 e. The molecule has 2 aromatic rings. The fraction of sp³-hybridized carbons (Fsp3) is 0.143. The van der Waals surface area contributed by atoms with Gasteiger partial charge in [-0.15, -0.1) is 0 Å². The topological polar surface area (TPSA) is 63.2 Å². The van der Waals surface area contributed by atoms with Gasteiger partial charge in [-0.25, -0.2) is 4.98 Å². The number of rotatable bonds is 3. The molecule has 1 unspecified atom stereocenters. The molecule has 1 atom stereocenters. The first-order valence-electron chi connectivity index (χ1n) is 6.04. The lowest BCUT2D eigenvalue weighted by molar-refractivity contribution is -0.116. The van der Waals surface area contributed by atoms with Crippen LogP contribution in [0.15, 0.2) is 41.0 Å². The lowest BCUT2D eigenvalue weighted by Gasteiger charge is -2.13. The van der Waals surface area contributed by atoms with Crippen molar-refractivity contribution >= 4 is 33.2 Å². The normalized spacial score (nSPS) is 16.5. The number of benzene rings is 1. The Balaban J connectivity index is 1.86. The summed E-state index contributed by atoms with van der Waals surface area (Å²) in [6, 6.07) is 8.90. The van der Waals surface area contributed by atoms with Crippen LogP contribution in [0.3, 0.4) is 0 Å². The van der Waals surface area contributed by atoms with Crippen LogP contribution in [-0.4, -0.2) is 18.0 Å². The molecule has 1 aromatic heterocycles. The minimum atomic E-state index is -0.409. The second kappa shape index (κ2) is 5.13. The molecule has 2 N–H and O–H groups in total. The molecule has 0 radical (unpaired) electrons. The standard InChI is InChI=1S/C14H12BrN3O2/c1-20-12-5-3-9(7-16-12)17-13-10-4-2-8(15)6-11(10)18-14(13)19/h2-7,13,17H,1H3,(H,18,19). The molecule has 0 spiro atoms. The fourth-order valence-electron chi connectivity index (χ4n) is 2.13. The van der Waals surface area contributed by atoms with Gasteiger partial charge in [-0.3, -0.25) is 4.79 Å². The Labute approximate surface area is 124 Å². The second-order valence-electron chi connectivity index (χ2n) is 4.39.